The molecule has 0 radical (unpaired) electrons. The number of halogens is 1. The van der Waals surface area contributed by atoms with Gasteiger partial charge in [0.15, 0.2) is 17.3 Å². The van der Waals surface area contributed by atoms with Crippen molar-refractivity contribution >= 4 is 35.1 Å². The van der Waals surface area contributed by atoms with Gasteiger partial charge in [0.05, 0.1) is 11.6 Å². The zero-order valence-corrected chi connectivity index (χ0v) is 14.6. The molecular weight excluding hydrogens is 342 g/mol. The number of aromatic hydroxyl groups is 1. The van der Waals surface area contributed by atoms with E-state index in [4.69, 9.17) is 16.3 Å². The maximum atomic E-state index is 12.3. The summed E-state index contributed by atoms with van der Waals surface area (Å²) in [7, 11) is 0. The van der Waals surface area contributed by atoms with Crippen LogP contribution in [0.5, 0.6) is 11.5 Å². The lowest BCUT2D eigenvalue weighted by molar-refractivity contribution is -0.114. The van der Waals surface area contributed by atoms with Gasteiger partial charge in [0.1, 0.15) is 0 Å². The number of rotatable bonds is 6. The molecule has 0 unspecified atom stereocenters. The molecule has 2 aromatic rings. The number of carbonyl (C=O) groups is 2. The van der Waals surface area contributed by atoms with Gasteiger partial charge in [-0.1, -0.05) is 29.8 Å². The van der Waals surface area contributed by atoms with Crippen molar-refractivity contribution in [2.75, 3.05) is 11.9 Å². The van der Waals surface area contributed by atoms with Gasteiger partial charge >= 0.3 is 0 Å². The molecule has 130 valence electrons. The standard InChI is InChI=1S/C19H18ClNO4/c1-3-25-18-10-13(9-16(20)19(18)24)7-8-17(23)14-5-4-6-15(11-14)21-12(2)22/h4-11,24H,3H2,1-2H3,(H,21,22)/b8-7+. The minimum Gasteiger partial charge on any atom is -0.503 e. The Morgan fingerprint density at radius 1 is 1.28 bits per heavy atom. The van der Waals surface area contributed by atoms with Crippen molar-refractivity contribution in [1.29, 1.82) is 0 Å². The average Bonchev–Trinajstić information content (AvgIpc) is 2.56. The number of hydrogen-bond acceptors (Lipinski definition) is 4. The Labute approximate surface area is 150 Å². The zero-order chi connectivity index (χ0) is 18.4. The number of carbonyl (C=O) groups excluding carboxylic acids is 2. The zero-order valence-electron chi connectivity index (χ0n) is 13.9. The second-order valence-corrected chi connectivity index (χ2v) is 5.65. The van der Waals surface area contributed by atoms with Crippen LogP contribution >= 0.6 is 11.6 Å². The fourth-order valence-electron chi connectivity index (χ4n) is 2.18. The fraction of sp³-hybridized carbons (Fsp3) is 0.158. The summed E-state index contributed by atoms with van der Waals surface area (Å²) in [6, 6.07) is 9.79. The number of hydrogen-bond donors (Lipinski definition) is 2. The van der Waals surface area contributed by atoms with Crippen LogP contribution in [0.4, 0.5) is 5.69 Å². The number of allylic oxidation sites excluding steroid dienone is 1. The predicted octanol–water partition coefficient (Wildman–Crippen LogP) is 4.30. The molecule has 0 aromatic heterocycles. The number of phenolic OH excluding ortho intramolecular Hbond substituents is 1. The van der Waals surface area contributed by atoms with E-state index >= 15 is 0 Å². The first-order valence-electron chi connectivity index (χ1n) is 7.66. The summed E-state index contributed by atoms with van der Waals surface area (Å²) < 4.78 is 5.31. The summed E-state index contributed by atoms with van der Waals surface area (Å²) in [6.07, 6.45) is 2.98. The number of ketones is 1. The Kier molecular flexibility index (Phi) is 6.19. The first-order valence-corrected chi connectivity index (χ1v) is 8.04. The molecule has 0 fully saturated rings. The van der Waals surface area contributed by atoms with Crippen molar-refractivity contribution in [2.45, 2.75) is 13.8 Å². The summed E-state index contributed by atoms with van der Waals surface area (Å²) in [5, 5.41) is 12.6. The number of amides is 1. The van der Waals surface area contributed by atoms with Crippen LogP contribution < -0.4 is 10.1 Å². The highest BCUT2D eigenvalue weighted by Crippen LogP contribution is 2.35. The smallest absolute Gasteiger partial charge is 0.221 e. The molecule has 25 heavy (non-hydrogen) atoms. The summed E-state index contributed by atoms with van der Waals surface area (Å²) in [5.41, 5.74) is 1.62. The van der Waals surface area contributed by atoms with Gasteiger partial charge in [-0.25, -0.2) is 0 Å². The van der Waals surface area contributed by atoms with Crippen LogP contribution in [0, 0.1) is 0 Å². The molecule has 2 N–H and O–H groups in total. The molecular formula is C19H18ClNO4. The normalized spacial score (nSPS) is 10.7. The van der Waals surface area contributed by atoms with Gasteiger partial charge in [-0.05, 0) is 42.8 Å². The minimum atomic E-state index is -0.227. The number of phenols is 1. The Bertz CT molecular complexity index is 830. The number of benzene rings is 2. The van der Waals surface area contributed by atoms with Crippen molar-refractivity contribution in [3.05, 3.63) is 58.6 Å². The van der Waals surface area contributed by atoms with Gasteiger partial charge in [0, 0.05) is 18.2 Å². The molecule has 0 spiro atoms. The highest BCUT2D eigenvalue weighted by atomic mass is 35.5. The number of anilines is 1. The Balaban J connectivity index is 2.21. The fourth-order valence-corrected chi connectivity index (χ4v) is 2.40. The average molecular weight is 360 g/mol. The minimum absolute atomic E-state index is 0.130. The summed E-state index contributed by atoms with van der Waals surface area (Å²) in [4.78, 5) is 23.4. The Hall–Kier alpha value is -2.79. The van der Waals surface area contributed by atoms with Crippen molar-refractivity contribution < 1.29 is 19.4 Å². The van der Waals surface area contributed by atoms with Crippen LogP contribution in [0.2, 0.25) is 5.02 Å². The second kappa shape index (κ2) is 8.35. The highest BCUT2D eigenvalue weighted by molar-refractivity contribution is 6.32. The van der Waals surface area contributed by atoms with E-state index in [-0.39, 0.29) is 28.2 Å². The largest absolute Gasteiger partial charge is 0.503 e. The third-order valence-electron chi connectivity index (χ3n) is 3.25. The third kappa shape index (κ3) is 5.09. The molecule has 6 heteroatoms. The second-order valence-electron chi connectivity index (χ2n) is 5.24. The molecule has 0 heterocycles. The first kappa shape index (κ1) is 18.5. The van der Waals surface area contributed by atoms with Crippen LogP contribution in [0.1, 0.15) is 29.8 Å². The lowest BCUT2D eigenvalue weighted by atomic mass is 10.1. The maximum Gasteiger partial charge on any atom is 0.221 e. The summed E-state index contributed by atoms with van der Waals surface area (Å²) in [6.45, 7) is 3.58. The number of ether oxygens (including phenoxy) is 1. The molecule has 1 amide bonds. The van der Waals surface area contributed by atoms with Gasteiger partial charge in [-0.2, -0.15) is 0 Å². The Morgan fingerprint density at radius 2 is 2.04 bits per heavy atom. The van der Waals surface area contributed by atoms with Crippen LogP contribution in [-0.2, 0) is 4.79 Å². The molecule has 0 aliphatic carbocycles. The van der Waals surface area contributed by atoms with Crippen molar-refractivity contribution in [3.8, 4) is 11.5 Å². The van der Waals surface area contributed by atoms with E-state index in [1.54, 1.807) is 43.3 Å². The monoisotopic (exact) mass is 359 g/mol. The van der Waals surface area contributed by atoms with Gasteiger partial charge < -0.3 is 15.2 Å². The molecule has 0 saturated heterocycles. The molecule has 5 nitrogen and oxygen atoms in total. The van der Waals surface area contributed by atoms with Gasteiger partial charge in [0.25, 0.3) is 0 Å². The van der Waals surface area contributed by atoms with E-state index < -0.39 is 0 Å². The van der Waals surface area contributed by atoms with E-state index in [1.807, 2.05) is 0 Å². The van der Waals surface area contributed by atoms with Gasteiger partial charge in [-0.3, -0.25) is 9.59 Å². The van der Waals surface area contributed by atoms with E-state index in [1.165, 1.54) is 19.1 Å². The Morgan fingerprint density at radius 3 is 2.72 bits per heavy atom. The van der Waals surface area contributed by atoms with Gasteiger partial charge in [0.2, 0.25) is 5.91 Å². The van der Waals surface area contributed by atoms with Crippen molar-refractivity contribution in [2.24, 2.45) is 0 Å². The number of nitrogens with one attached hydrogen (secondary N) is 1. The molecule has 0 saturated carbocycles. The summed E-state index contributed by atoms with van der Waals surface area (Å²) in [5.74, 6) is -0.304. The van der Waals surface area contributed by atoms with Crippen molar-refractivity contribution in [3.63, 3.8) is 0 Å². The molecule has 2 aromatic carbocycles. The van der Waals surface area contributed by atoms with Crippen LogP contribution in [0.15, 0.2) is 42.5 Å². The SMILES string of the molecule is CCOc1cc(/C=C/C(=O)c2cccc(NC(C)=O)c2)cc(Cl)c1O. The van der Waals surface area contributed by atoms with Crippen LogP contribution in [0.25, 0.3) is 6.08 Å². The van der Waals surface area contributed by atoms with Crippen LogP contribution in [-0.4, -0.2) is 23.4 Å². The maximum absolute atomic E-state index is 12.3. The quantitative estimate of drug-likeness (QED) is 0.595. The molecule has 0 aliphatic rings. The summed E-state index contributed by atoms with van der Waals surface area (Å²) >= 11 is 5.97. The third-order valence-corrected chi connectivity index (χ3v) is 3.53. The lowest BCUT2D eigenvalue weighted by Crippen LogP contribution is -2.06. The molecule has 0 bridgehead atoms. The van der Waals surface area contributed by atoms with Crippen molar-refractivity contribution in [1.82, 2.24) is 0 Å². The van der Waals surface area contributed by atoms with Crippen LogP contribution in [0.3, 0.4) is 0 Å². The first-order chi connectivity index (χ1) is 11.9. The highest BCUT2D eigenvalue weighted by Gasteiger charge is 2.09. The predicted molar refractivity (Wildman–Crippen MR) is 98.4 cm³/mol. The topological polar surface area (TPSA) is 75.6 Å². The van der Waals surface area contributed by atoms with E-state index in [0.717, 1.165) is 0 Å². The van der Waals surface area contributed by atoms with Gasteiger partial charge in [-0.15, -0.1) is 0 Å². The van der Waals surface area contributed by atoms with E-state index in [2.05, 4.69) is 5.32 Å². The molecule has 0 aliphatic heterocycles. The van der Waals surface area contributed by atoms with E-state index in [0.29, 0.717) is 23.4 Å². The van der Waals surface area contributed by atoms with E-state index in [9.17, 15) is 14.7 Å². The molecule has 0 atom stereocenters. The molecule has 2 rings (SSSR count). The lowest BCUT2D eigenvalue weighted by Gasteiger charge is -2.08.